The number of hydrogen-bond donors (Lipinski definition) is 2. The van der Waals surface area contributed by atoms with Crippen LogP contribution in [-0.4, -0.2) is 34.9 Å². The van der Waals surface area contributed by atoms with Gasteiger partial charge in [0.05, 0.1) is 6.54 Å². The van der Waals surface area contributed by atoms with Gasteiger partial charge in [0.15, 0.2) is 11.2 Å². The SMILES string of the molecule is Cc1ccc(C(=N)N)cc1Oc1nc(Oc2cccc(-c3nccn3C)c2)nc2c1nc(C)n2Cc1ccccc1. The third-order valence-electron chi connectivity index (χ3n) is 6.74. The fourth-order valence-corrected chi connectivity index (χ4v) is 4.57. The van der Waals surface area contributed by atoms with Gasteiger partial charge in [0.2, 0.25) is 0 Å². The molecular formula is C31H28N8O2. The zero-order valence-electron chi connectivity index (χ0n) is 22.9. The van der Waals surface area contributed by atoms with Crippen molar-refractivity contribution in [3.8, 4) is 34.8 Å². The van der Waals surface area contributed by atoms with Gasteiger partial charge in [-0.05, 0) is 43.2 Å². The Bertz CT molecular complexity index is 1890. The second-order valence-electron chi connectivity index (χ2n) is 9.70. The summed E-state index contributed by atoms with van der Waals surface area (Å²) in [4.78, 5) is 18.6. The van der Waals surface area contributed by atoms with E-state index in [-0.39, 0.29) is 17.7 Å². The minimum absolute atomic E-state index is 0.0534. The highest BCUT2D eigenvalue weighted by molar-refractivity contribution is 5.95. The highest BCUT2D eigenvalue weighted by Crippen LogP contribution is 2.33. The lowest BCUT2D eigenvalue weighted by atomic mass is 10.1. The van der Waals surface area contributed by atoms with Crippen LogP contribution >= 0.6 is 0 Å². The van der Waals surface area contributed by atoms with Crippen molar-refractivity contribution in [2.24, 2.45) is 12.8 Å². The highest BCUT2D eigenvalue weighted by Gasteiger charge is 2.20. The summed E-state index contributed by atoms with van der Waals surface area (Å²) < 4.78 is 16.5. The van der Waals surface area contributed by atoms with E-state index in [0.717, 1.165) is 28.3 Å². The smallest absolute Gasteiger partial charge is 0.327 e. The molecule has 3 aromatic heterocycles. The lowest BCUT2D eigenvalue weighted by molar-refractivity contribution is 0.415. The molecule has 0 fully saturated rings. The fourth-order valence-electron chi connectivity index (χ4n) is 4.57. The molecule has 10 nitrogen and oxygen atoms in total. The second kappa shape index (κ2) is 10.6. The zero-order chi connectivity index (χ0) is 28.5. The van der Waals surface area contributed by atoms with Gasteiger partial charge < -0.3 is 24.3 Å². The number of hydrogen-bond acceptors (Lipinski definition) is 7. The van der Waals surface area contributed by atoms with E-state index in [4.69, 9.17) is 30.6 Å². The van der Waals surface area contributed by atoms with Crippen molar-refractivity contribution >= 4 is 17.0 Å². The lowest BCUT2D eigenvalue weighted by Crippen LogP contribution is -2.11. The van der Waals surface area contributed by atoms with Gasteiger partial charge in [0, 0.05) is 30.6 Å². The van der Waals surface area contributed by atoms with Gasteiger partial charge in [-0.25, -0.2) is 9.97 Å². The monoisotopic (exact) mass is 544 g/mol. The Balaban J connectivity index is 1.45. The largest absolute Gasteiger partial charge is 0.437 e. The third kappa shape index (κ3) is 5.22. The summed E-state index contributed by atoms with van der Waals surface area (Å²) in [5.41, 5.74) is 10.2. The molecule has 0 radical (unpaired) electrons. The van der Waals surface area contributed by atoms with Crippen LogP contribution in [0.4, 0.5) is 0 Å². The van der Waals surface area contributed by atoms with Crippen LogP contribution in [0.15, 0.2) is 85.2 Å². The van der Waals surface area contributed by atoms with Crippen LogP contribution in [0.25, 0.3) is 22.6 Å². The number of fused-ring (bicyclic) bond motifs is 1. The summed E-state index contributed by atoms with van der Waals surface area (Å²) in [7, 11) is 1.94. The van der Waals surface area contributed by atoms with Crippen LogP contribution in [0.1, 0.15) is 22.5 Å². The Labute approximate surface area is 236 Å². The van der Waals surface area contributed by atoms with Crippen molar-refractivity contribution in [2.75, 3.05) is 0 Å². The molecule has 0 saturated carbocycles. The molecule has 0 aliphatic heterocycles. The van der Waals surface area contributed by atoms with E-state index in [2.05, 4.69) is 22.1 Å². The van der Waals surface area contributed by atoms with Gasteiger partial charge in [-0.1, -0.05) is 54.6 Å². The summed E-state index contributed by atoms with van der Waals surface area (Å²) in [6.07, 6.45) is 3.64. The van der Waals surface area contributed by atoms with E-state index in [1.807, 2.05) is 84.8 Å². The van der Waals surface area contributed by atoms with Crippen molar-refractivity contribution < 1.29 is 9.47 Å². The summed E-state index contributed by atoms with van der Waals surface area (Å²) >= 11 is 0. The normalized spacial score (nSPS) is 11.1. The number of nitrogen functional groups attached to an aromatic ring is 1. The molecule has 3 N–H and O–H groups in total. The van der Waals surface area contributed by atoms with E-state index in [1.165, 1.54) is 0 Å². The Morgan fingerprint density at radius 1 is 0.927 bits per heavy atom. The lowest BCUT2D eigenvalue weighted by Gasteiger charge is -2.12. The Morgan fingerprint density at radius 2 is 1.76 bits per heavy atom. The number of benzene rings is 3. The average Bonchev–Trinajstić information content (AvgIpc) is 3.53. The number of imidazole rings is 2. The van der Waals surface area contributed by atoms with Crippen LogP contribution in [0.5, 0.6) is 23.4 Å². The van der Waals surface area contributed by atoms with Crippen LogP contribution in [0, 0.1) is 19.3 Å². The molecule has 0 atom stereocenters. The fraction of sp³-hybridized carbons (Fsp3) is 0.129. The van der Waals surface area contributed by atoms with Crippen LogP contribution in [0.2, 0.25) is 0 Å². The molecule has 0 bridgehead atoms. The third-order valence-corrected chi connectivity index (χ3v) is 6.74. The number of nitrogens with zero attached hydrogens (tertiary/aromatic N) is 6. The maximum Gasteiger partial charge on any atom is 0.327 e. The van der Waals surface area contributed by atoms with E-state index in [9.17, 15) is 0 Å². The van der Waals surface area contributed by atoms with Gasteiger partial charge in [-0.3, -0.25) is 5.41 Å². The molecule has 3 heterocycles. The predicted molar refractivity (Wildman–Crippen MR) is 157 cm³/mol. The molecule has 6 aromatic rings. The average molecular weight is 545 g/mol. The molecule has 0 aliphatic carbocycles. The first-order valence-electron chi connectivity index (χ1n) is 13.0. The molecule has 6 rings (SSSR count). The predicted octanol–water partition coefficient (Wildman–Crippen LogP) is 5.76. The minimum atomic E-state index is -0.0534. The van der Waals surface area contributed by atoms with Crippen molar-refractivity contribution in [3.05, 3.63) is 108 Å². The number of ether oxygens (including phenoxy) is 2. The van der Waals surface area contributed by atoms with Crippen LogP contribution in [-0.2, 0) is 13.6 Å². The maximum absolute atomic E-state index is 7.85. The molecule has 0 aliphatic rings. The van der Waals surface area contributed by atoms with E-state index < -0.39 is 0 Å². The molecule has 0 saturated heterocycles. The van der Waals surface area contributed by atoms with E-state index >= 15 is 0 Å². The topological polar surface area (TPSA) is 130 Å². The molecule has 0 amide bonds. The van der Waals surface area contributed by atoms with E-state index in [0.29, 0.717) is 34.8 Å². The van der Waals surface area contributed by atoms with Crippen molar-refractivity contribution in [3.63, 3.8) is 0 Å². The number of rotatable bonds is 8. The molecule has 0 spiro atoms. The van der Waals surface area contributed by atoms with Crippen LogP contribution in [0.3, 0.4) is 0 Å². The summed E-state index contributed by atoms with van der Waals surface area (Å²) in [6.45, 7) is 4.40. The number of amidine groups is 1. The molecule has 3 aromatic carbocycles. The quantitative estimate of drug-likeness (QED) is 0.184. The van der Waals surface area contributed by atoms with Crippen molar-refractivity contribution in [1.82, 2.24) is 29.1 Å². The Kier molecular flexibility index (Phi) is 6.64. The van der Waals surface area contributed by atoms with Crippen LogP contribution < -0.4 is 15.2 Å². The summed E-state index contributed by atoms with van der Waals surface area (Å²) in [5.74, 6) is 2.82. The van der Waals surface area contributed by atoms with E-state index in [1.54, 1.807) is 18.3 Å². The van der Waals surface area contributed by atoms with Crippen molar-refractivity contribution in [1.29, 1.82) is 5.41 Å². The second-order valence-corrected chi connectivity index (χ2v) is 9.70. The number of aromatic nitrogens is 6. The molecule has 10 heteroatoms. The Morgan fingerprint density at radius 3 is 2.51 bits per heavy atom. The first-order valence-corrected chi connectivity index (χ1v) is 13.0. The number of nitrogens with one attached hydrogen (secondary N) is 1. The summed E-state index contributed by atoms with van der Waals surface area (Å²) in [6, 6.07) is 23.2. The Hall–Kier alpha value is -5.51. The van der Waals surface area contributed by atoms with Gasteiger partial charge in [-0.2, -0.15) is 9.97 Å². The van der Waals surface area contributed by atoms with Crippen molar-refractivity contribution in [2.45, 2.75) is 20.4 Å². The number of aryl methyl sites for hydroxylation is 3. The maximum atomic E-state index is 7.85. The first-order chi connectivity index (χ1) is 19.9. The number of nitrogens with two attached hydrogens (primary N) is 1. The van der Waals surface area contributed by atoms with Gasteiger partial charge in [-0.15, -0.1) is 0 Å². The molecule has 0 unspecified atom stereocenters. The zero-order valence-corrected chi connectivity index (χ0v) is 22.9. The summed E-state index contributed by atoms with van der Waals surface area (Å²) in [5, 5.41) is 7.85. The molecule has 41 heavy (non-hydrogen) atoms. The highest BCUT2D eigenvalue weighted by atomic mass is 16.5. The van der Waals surface area contributed by atoms with Gasteiger partial charge in [0.1, 0.15) is 29.0 Å². The minimum Gasteiger partial charge on any atom is -0.437 e. The van der Waals surface area contributed by atoms with Gasteiger partial charge in [0.25, 0.3) is 5.88 Å². The standard InChI is InChI=1S/C31H28N8O2/c1-19-12-13-22(27(32)33)17-25(19)41-30-26-29(39(20(2)35-26)18-21-8-5-4-6-9-21)36-31(37-30)40-24-11-7-10-23(16-24)28-34-14-15-38(28)3/h4-17H,18H2,1-3H3,(H3,32,33). The molecular weight excluding hydrogens is 516 g/mol. The molecule has 204 valence electrons. The first kappa shape index (κ1) is 25.8. The van der Waals surface area contributed by atoms with Gasteiger partial charge >= 0.3 is 6.01 Å².